The summed E-state index contributed by atoms with van der Waals surface area (Å²) in [5.74, 6) is -0.953. The fraction of sp³-hybridized carbons (Fsp3) is 0.400. The lowest BCUT2D eigenvalue weighted by Crippen LogP contribution is -2.34. The van der Waals surface area contributed by atoms with Gasteiger partial charge >= 0.3 is 5.97 Å². The molecule has 1 heterocycles. The number of hydrogen-bond acceptors (Lipinski definition) is 4. The van der Waals surface area contributed by atoms with Crippen molar-refractivity contribution in [2.45, 2.75) is 33.1 Å². The Balaban J connectivity index is 2.45. The quantitative estimate of drug-likeness (QED) is 0.385. The molecule has 0 aliphatic carbocycles. The molecular formula is C20H25NO4. The van der Waals surface area contributed by atoms with Gasteiger partial charge in [0.15, 0.2) is 0 Å². The van der Waals surface area contributed by atoms with Crippen LogP contribution in [-0.2, 0) is 14.3 Å². The van der Waals surface area contributed by atoms with Gasteiger partial charge in [-0.25, -0.2) is 4.79 Å². The van der Waals surface area contributed by atoms with E-state index >= 15 is 0 Å². The predicted molar refractivity (Wildman–Crippen MR) is 96.8 cm³/mol. The van der Waals surface area contributed by atoms with Gasteiger partial charge in [0, 0.05) is 24.7 Å². The molecular weight excluding hydrogens is 318 g/mol. The molecule has 1 N–H and O–H groups in total. The van der Waals surface area contributed by atoms with Crippen molar-refractivity contribution in [1.82, 2.24) is 4.90 Å². The minimum absolute atomic E-state index is 0.0263. The molecule has 0 aromatic heterocycles. The van der Waals surface area contributed by atoms with Crippen LogP contribution in [0, 0.1) is 0 Å². The molecule has 1 aliphatic heterocycles. The Labute approximate surface area is 148 Å². The van der Waals surface area contributed by atoms with E-state index in [0.717, 1.165) is 19.3 Å². The highest BCUT2D eigenvalue weighted by Crippen LogP contribution is 2.27. The van der Waals surface area contributed by atoms with Crippen LogP contribution in [0.15, 0.2) is 47.7 Å². The zero-order chi connectivity index (χ0) is 18.2. The van der Waals surface area contributed by atoms with Crippen molar-refractivity contribution in [2.75, 3.05) is 19.7 Å². The molecule has 0 unspecified atom stereocenters. The Morgan fingerprint density at radius 2 is 1.80 bits per heavy atom. The molecule has 1 aliphatic rings. The first kappa shape index (κ1) is 18.8. The van der Waals surface area contributed by atoms with Gasteiger partial charge in [-0.3, -0.25) is 4.79 Å². The Hall–Kier alpha value is -2.56. The topological polar surface area (TPSA) is 66.8 Å². The summed E-state index contributed by atoms with van der Waals surface area (Å²) >= 11 is 0. The number of aliphatic hydroxyl groups excluding tert-OH is 1. The van der Waals surface area contributed by atoms with Crippen molar-refractivity contribution in [1.29, 1.82) is 0 Å². The molecule has 1 fully saturated rings. The molecule has 0 saturated carbocycles. The molecule has 25 heavy (non-hydrogen) atoms. The second kappa shape index (κ2) is 9.06. The number of amides is 1. The molecule has 1 aromatic carbocycles. The second-order valence-electron chi connectivity index (χ2n) is 5.99. The van der Waals surface area contributed by atoms with Crippen molar-refractivity contribution in [3.63, 3.8) is 0 Å². The highest BCUT2D eigenvalue weighted by atomic mass is 16.5. The number of benzene rings is 1. The summed E-state index contributed by atoms with van der Waals surface area (Å²) in [5, 5.41) is 10.1. The minimum atomic E-state index is -0.635. The summed E-state index contributed by atoms with van der Waals surface area (Å²) < 4.78 is 5.07. The number of carbonyl (C=O) groups excluding carboxylic acids is 2. The lowest BCUT2D eigenvalue weighted by atomic mass is 9.96. The maximum atomic E-state index is 12.7. The molecule has 1 aromatic rings. The van der Waals surface area contributed by atoms with E-state index < -0.39 is 5.97 Å². The Morgan fingerprint density at radius 3 is 2.36 bits per heavy atom. The maximum Gasteiger partial charge on any atom is 0.342 e. The molecule has 1 amide bonds. The van der Waals surface area contributed by atoms with Gasteiger partial charge < -0.3 is 14.7 Å². The van der Waals surface area contributed by atoms with Crippen molar-refractivity contribution in [3.05, 3.63) is 53.3 Å². The Kier molecular flexibility index (Phi) is 6.81. The molecule has 2 rings (SSSR count). The molecule has 134 valence electrons. The molecule has 1 saturated heterocycles. The number of piperidine rings is 1. The van der Waals surface area contributed by atoms with E-state index in [4.69, 9.17) is 4.74 Å². The molecule has 0 spiro atoms. The Bertz CT molecular complexity index is 666. The average Bonchev–Trinajstić information content (AvgIpc) is 2.62. The molecule has 5 heteroatoms. The van der Waals surface area contributed by atoms with Crippen LogP contribution in [0.5, 0.6) is 0 Å². The third-order valence-corrected chi connectivity index (χ3v) is 4.13. The average molecular weight is 343 g/mol. The normalized spacial score (nSPS) is 16.2. The summed E-state index contributed by atoms with van der Waals surface area (Å²) in [6, 6.07) is 9.11. The zero-order valence-corrected chi connectivity index (χ0v) is 14.8. The minimum Gasteiger partial charge on any atom is -0.512 e. The number of hydrogen-bond donors (Lipinski definition) is 1. The molecule has 0 radical (unpaired) electrons. The summed E-state index contributed by atoms with van der Waals surface area (Å²) in [7, 11) is 0. The maximum absolute atomic E-state index is 12.7. The van der Waals surface area contributed by atoms with Crippen molar-refractivity contribution >= 4 is 17.4 Å². The number of carbonyl (C=O) groups is 2. The SMILES string of the molecule is CCOC(=O)C(/C(=C\C(=O)N1CCCCC1)c1ccccc1)=C(/C)O. The number of aliphatic hydroxyl groups is 1. The number of esters is 1. The highest BCUT2D eigenvalue weighted by molar-refractivity contribution is 6.11. The largest absolute Gasteiger partial charge is 0.512 e. The van der Waals surface area contributed by atoms with Crippen LogP contribution in [0.25, 0.3) is 5.57 Å². The first-order valence-corrected chi connectivity index (χ1v) is 8.68. The van der Waals surface area contributed by atoms with E-state index in [-0.39, 0.29) is 23.8 Å². The smallest absolute Gasteiger partial charge is 0.342 e. The number of rotatable bonds is 5. The monoisotopic (exact) mass is 343 g/mol. The highest BCUT2D eigenvalue weighted by Gasteiger charge is 2.23. The zero-order valence-electron chi connectivity index (χ0n) is 14.8. The second-order valence-corrected chi connectivity index (χ2v) is 5.99. The van der Waals surface area contributed by atoms with Crippen LogP contribution >= 0.6 is 0 Å². The van der Waals surface area contributed by atoms with Crippen molar-refractivity contribution in [2.24, 2.45) is 0 Å². The summed E-state index contributed by atoms with van der Waals surface area (Å²) in [5.41, 5.74) is 1.09. The van der Waals surface area contributed by atoms with E-state index in [0.29, 0.717) is 24.2 Å². The van der Waals surface area contributed by atoms with Gasteiger partial charge in [0.05, 0.1) is 6.61 Å². The third-order valence-electron chi connectivity index (χ3n) is 4.13. The number of nitrogens with zero attached hydrogens (tertiary/aromatic N) is 1. The van der Waals surface area contributed by atoms with Gasteiger partial charge in [-0.05, 0) is 38.7 Å². The van der Waals surface area contributed by atoms with Gasteiger partial charge in [-0.15, -0.1) is 0 Å². The van der Waals surface area contributed by atoms with Crippen molar-refractivity contribution < 1.29 is 19.4 Å². The van der Waals surface area contributed by atoms with Crippen LogP contribution < -0.4 is 0 Å². The van der Waals surface area contributed by atoms with Crippen molar-refractivity contribution in [3.8, 4) is 0 Å². The van der Waals surface area contributed by atoms with Crippen LogP contribution in [0.1, 0.15) is 38.7 Å². The van der Waals surface area contributed by atoms with Crippen LogP contribution in [0.2, 0.25) is 0 Å². The van der Waals surface area contributed by atoms with Gasteiger partial charge in [-0.2, -0.15) is 0 Å². The van der Waals surface area contributed by atoms with Gasteiger partial charge in [0.2, 0.25) is 5.91 Å². The lowest BCUT2D eigenvalue weighted by Gasteiger charge is -2.26. The summed E-state index contributed by atoms with van der Waals surface area (Å²) in [6.07, 6.45) is 4.54. The third kappa shape index (κ3) is 4.95. The van der Waals surface area contributed by atoms with Crippen LogP contribution in [-0.4, -0.2) is 41.6 Å². The van der Waals surface area contributed by atoms with E-state index in [1.54, 1.807) is 24.0 Å². The molecule has 0 atom stereocenters. The number of likely N-dealkylation sites (tertiary alicyclic amines) is 1. The van der Waals surface area contributed by atoms with E-state index in [2.05, 4.69) is 0 Å². The fourth-order valence-corrected chi connectivity index (χ4v) is 2.90. The van der Waals surface area contributed by atoms with Gasteiger partial charge in [0.1, 0.15) is 11.3 Å². The number of ether oxygens (including phenoxy) is 1. The predicted octanol–water partition coefficient (Wildman–Crippen LogP) is 3.48. The van der Waals surface area contributed by atoms with E-state index in [1.807, 2.05) is 18.2 Å². The molecule has 0 bridgehead atoms. The Morgan fingerprint density at radius 1 is 1.16 bits per heavy atom. The summed E-state index contributed by atoms with van der Waals surface area (Å²) in [6.45, 7) is 4.75. The number of allylic oxidation sites excluding steroid dienone is 1. The van der Waals surface area contributed by atoms with Gasteiger partial charge in [-0.1, -0.05) is 30.3 Å². The van der Waals surface area contributed by atoms with E-state index in [9.17, 15) is 14.7 Å². The van der Waals surface area contributed by atoms with E-state index in [1.165, 1.54) is 13.0 Å². The first-order chi connectivity index (χ1) is 12.0. The molecule has 5 nitrogen and oxygen atoms in total. The standard InChI is InChI=1S/C20H25NO4/c1-3-25-20(24)19(15(2)22)17(16-10-6-4-7-11-16)14-18(23)21-12-8-5-9-13-21/h4,6-7,10-11,14,22H,3,5,8-9,12-13H2,1-2H3/b17-14-,19-15-. The summed E-state index contributed by atoms with van der Waals surface area (Å²) in [4.78, 5) is 26.8. The van der Waals surface area contributed by atoms with Gasteiger partial charge in [0.25, 0.3) is 0 Å². The van der Waals surface area contributed by atoms with Crippen LogP contribution in [0.3, 0.4) is 0 Å². The van der Waals surface area contributed by atoms with Crippen LogP contribution in [0.4, 0.5) is 0 Å². The first-order valence-electron chi connectivity index (χ1n) is 8.68. The fourth-order valence-electron chi connectivity index (χ4n) is 2.90. The lowest BCUT2D eigenvalue weighted by molar-refractivity contribution is -0.138.